The van der Waals surface area contributed by atoms with Crippen molar-refractivity contribution >= 4 is 58.6 Å². The molecule has 8 nitrogen and oxygen atoms in total. The molecule has 216 valence electrons. The Morgan fingerprint density at radius 2 is 1.32 bits per heavy atom. The maximum Gasteiger partial charge on any atom is 0.271 e. The minimum atomic E-state index is -1.29. The highest BCUT2D eigenvalue weighted by Gasteiger charge is 2.38. The first kappa shape index (κ1) is 28.7. The van der Waals surface area contributed by atoms with Crippen LogP contribution in [0, 0.1) is 5.92 Å². The van der Waals surface area contributed by atoms with Gasteiger partial charge in [0.05, 0.1) is 17.1 Å². The van der Waals surface area contributed by atoms with Crippen molar-refractivity contribution in [2.75, 3.05) is 4.90 Å². The van der Waals surface area contributed by atoms with Crippen LogP contribution in [0.15, 0.2) is 126 Å². The second kappa shape index (κ2) is 12.5. The van der Waals surface area contributed by atoms with Crippen molar-refractivity contribution in [3.63, 3.8) is 0 Å². The smallest absolute Gasteiger partial charge is 0.271 e. The topological polar surface area (TPSA) is 95.8 Å². The Balaban J connectivity index is 1.21. The number of hydrazone groups is 1. The average molecular weight is 618 g/mol. The van der Waals surface area contributed by atoms with Gasteiger partial charge in [-0.05, 0) is 84.0 Å². The number of anilines is 1. The summed E-state index contributed by atoms with van der Waals surface area (Å²) in [7, 11) is 0. The molecule has 0 bridgehead atoms. The van der Waals surface area contributed by atoms with Crippen LogP contribution in [0.25, 0.3) is 28.2 Å². The largest absolute Gasteiger partial charge is 0.309 e. The minimum Gasteiger partial charge on any atom is -0.309 e. The van der Waals surface area contributed by atoms with Crippen LogP contribution in [0.1, 0.15) is 10.4 Å². The lowest BCUT2D eigenvalue weighted by Crippen LogP contribution is -2.58. The number of rotatable bonds is 7. The zero-order valence-corrected chi connectivity index (χ0v) is 24.6. The van der Waals surface area contributed by atoms with Gasteiger partial charge in [0.2, 0.25) is 5.91 Å². The third kappa shape index (κ3) is 5.78. The Kier molecular flexibility index (Phi) is 8.14. The van der Waals surface area contributed by atoms with E-state index in [9.17, 15) is 14.4 Å². The number of hydrogen-bond acceptors (Lipinski definition) is 5. The molecule has 0 aliphatic carbocycles. The molecule has 6 rings (SSSR count). The summed E-state index contributed by atoms with van der Waals surface area (Å²) in [4.78, 5) is 39.8. The number of halogens is 1. The maximum atomic E-state index is 13.1. The molecule has 0 radical (unpaired) electrons. The quantitative estimate of drug-likeness (QED) is 0.0977. The van der Waals surface area contributed by atoms with E-state index in [4.69, 9.17) is 23.8 Å². The summed E-state index contributed by atoms with van der Waals surface area (Å²) in [5.74, 6) is -3.02. The van der Waals surface area contributed by atoms with Crippen LogP contribution < -0.4 is 15.6 Å². The second-order valence-corrected chi connectivity index (χ2v) is 10.7. The summed E-state index contributed by atoms with van der Waals surface area (Å²) < 4.78 is 2.15. The number of carbonyl (C=O) groups is 3. The predicted molar refractivity (Wildman–Crippen MR) is 176 cm³/mol. The van der Waals surface area contributed by atoms with E-state index in [0.29, 0.717) is 16.3 Å². The molecule has 1 aliphatic heterocycles. The van der Waals surface area contributed by atoms with Crippen LogP contribution in [0.2, 0.25) is 5.02 Å². The van der Waals surface area contributed by atoms with Crippen molar-refractivity contribution in [2.24, 2.45) is 11.0 Å². The molecule has 2 N–H and O–H groups in total. The van der Waals surface area contributed by atoms with Crippen LogP contribution in [-0.2, 0) is 9.59 Å². The van der Waals surface area contributed by atoms with Gasteiger partial charge in [0.25, 0.3) is 11.8 Å². The number of aromatic nitrogens is 1. The van der Waals surface area contributed by atoms with Gasteiger partial charge in [0.15, 0.2) is 11.0 Å². The molecule has 0 unspecified atom stereocenters. The van der Waals surface area contributed by atoms with Crippen molar-refractivity contribution in [3.8, 4) is 28.2 Å². The van der Waals surface area contributed by atoms with Crippen LogP contribution in [0.5, 0.6) is 0 Å². The average Bonchev–Trinajstić information content (AvgIpc) is 3.49. The van der Waals surface area contributed by atoms with Gasteiger partial charge in [0, 0.05) is 22.5 Å². The van der Waals surface area contributed by atoms with E-state index in [1.807, 2.05) is 48.5 Å². The van der Waals surface area contributed by atoms with Gasteiger partial charge < -0.3 is 9.88 Å². The Bertz CT molecular complexity index is 1830. The normalized spacial score (nSPS) is 15.0. The molecule has 0 saturated carbocycles. The fourth-order valence-corrected chi connectivity index (χ4v) is 5.36. The molecule has 4 aromatic carbocycles. The fraction of sp³-hybridized carbons (Fsp3) is 0.0294. The molecule has 0 spiro atoms. The maximum absolute atomic E-state index is 13.1. The highest BCUT2D eigenvalue weighted by Crippen LogP contribution is 2.32. The summed E-state index contributed by atoms with van der Waals surface area (Å²) >= 11 is 11.2. The standard InChI is InChI=1S/C34H24ClN5O3S/c35-25-13-17-27(18-14-25)40-33(43)28(32(42)37-34(40)44)21-36-38-31(41)24-11-15-26(16-12-24)39-29(22-7-3-1-4-8-22)19-20-30(39)23-9-5-2-6-10-23/h1-21,28H,(H,38,41)(H,37,42,44)/b36-21-/t28-/m0/s1. The van der Waals surface area contributed by atoms with Gasteiger partial charge in [-0.3, -0.25) is 19.3 Å². The number of nitrogens with one attached hydrogen (secondary N) is 2. The van der Waals surface area contributed by atoms with Gasteiger partial charge in [-0.15, -0.1) is 0 Å². The van der Waals surface area contributed by atoms with Crippen LogP contribution in [-0.4, -0.2) is 33.6 Å². The Labute approximate surface area is 263 Å². The minimum absolute atomic E-state index is 0.0513. The monoisotopic (exact) mass is 617 g/mol. The lowest BCUT2D eigenvalue weighted by Gasteiger charge is -2.30. The predicted octanol–water partition coefficient (Wildman–Crippen LogP) is 6.24. The lowest BCUT2D eigenvalue weighted by molar-refractivity contribution is -0.130. The first-order valence-corrected chi connectivity index (χ1v) is 14.4. The van der Waals surface area contributed by atoms with E-state index >= 15 is 0 Å². The molecule has 1 fully saturated rings. The van der Waals surface area contributed by atoms with Gasteiger partial charge in [-0.25, -0.2) is 5.43 Å². The third-order valence-electron chi connectivity index (χ3n) is 7.08. The highest BCUT2D eigenvalue weighted by atomic mass is 35.5. The van der Waals surface area contributed by atoms with E-state index in [1.165, 1.54) is 4.90 Å². The third-order valence-corrected chi connectivity index (χ3v) is 7.62. The van der Waals surface area contributed by atoms with E-state index in [0.717, 1.165) is 34.4 Å². The molecule has 44 heavy (non-hydrogen) atoms. The number of benzene rings is 4. The van der Waals surface area contributed by atoms with Crippen LogP contribution in [0.3, 0.4) is 0 Å². The van der Waals surface area contributed by atoms with E-state index in [1.54, 1.807) is 36.4 Å². The second-order valence-electron chi connectivity index (χ2n) is 9.86. The Morgan fingerprint density at radius 1 is 0.773 bits per heavy atom. The van der Waals surface area contributed by atoms with Crippen molar-refractivity contribution < 1.29 is 14.4 Å². The molecular weight excluding hydrogens is 594 g/mol. The van der Waals surface area contributed by atoms with Crippen molar-refractivity contribution in [1.82, 2.24) is 15.3 Å². The molecule has 1 saturated heterocycles. The van der Waals surface area contributed by atoms with E-state index < -0.39 is 23.6 Å². The molecule has 1 aromatic heterocycles. The van der Waals surface area contributed by atoms with Gasteiger partial charge in [-0.1, -0.05) is 72.3 Å². The molecular formula is C34H24ClN5O3S. The summed E-state index contributed by atoms with van der Waals surface area (Å²) in [5, 5.41) is 6.86. The van der Waals surface area contributed by atoms with Gasteiger partial charge >= 0.3 is 0 Å². The molecule has 1 atom stereocenters. The zero-order chi connectivity index (χ0) is 30.6. The number of nitrogens with zero attached hydrogens (tertiary/aromatic N) is 3. The molecule has 1 aliphatic rings. The fourth-order valence-electron chi connectivity index (χ4n) is 4.94. The molecule has 2 heterocycles. The Morgan fingerprint density at radius 3 is 1.89 bits per heavy atom. The van der Waals surface area contributed by atoms with Gasteiger partial charge in [0.1, 0.15) is 0 Å². The first-order chi connectivity index (χ1) is 21.4. The zero-order valence-electron chi connectivity index (χ0n) is 23.1. The lowest BCUT2D eigenvalue weighted by atomic mass is 10.1. The van der Waals surface area contributed by atoms with Crippen molar-refractivity contribution in [2.45, 2.75) is 0 Å². The van der Waals surface area contributed by atoms with Crippen LogP contribution in [0.4, 0.5) is 5.69 Å². The first-order valence-electron chi connectivity index (χ1n) is 13.6. The van der Waals surface area contributed by atoms with Gasteiger partial charge in [-0.2, -0.15) is 5.10 Å². The summed E-state index contributed by atoms with van der Waals surface area (Å²) in [6, 6.07) is 37.9. The summed E-state index contributed by atoms with van der Waals surface area (Å²) in [6.07, 6.45) is 1.09. The van der Waals surface area contributed by atoms with Crippen LogP contribution >= 0.6 is 23.8 Å². The highest BCUT2D eigenvalue weighted by molar-refractivity contribution is 7.80. The number of thiocarbonyl (C=S) groups is 1. The number of amides is 3. The summed E-state index contributed by atoms with van der Waals surface area (Å²) in [6.45, 7) is 0. The van der Waals surface area contributed by atoms with E-state index in [2.05, 4.69) is 56.8 Å². The van der Waals surface area contributed by atoms with Crippen molar-refractivity contribution in [3.05, 3.63) is 132 Å². The summed E-state index contributed by atoms with van der Waals surface area (Å²) in [5.41, 5.74) is 8.21. The molecule has 5 aromatic rings. The molecule has 10 heteroatoms. The van der Waals surface area contributed by atoms with E-state index in [-0.39, 0.29) is 5.11 Å². The SMILES string of the molecule is O=C(N/N=C\[C@H]1C(=O)NC(=S)N(c2ccc(Cl)cc2)C1=O)c1ccc(-n2c(-c3ccccc3)ccc2-c2ccccc2)cc1. The number of carbonyl (C=O) groups excluding carboxylic acids is 3. The number of hydrogen-bond donors (Lipinski definition) is 2. The van der Waals surface area contributed by atoms with Crippen molar-refractivity contribution in [1.29, 1.82) is 0 Å². The molecule has 3 amide bonds. The Hall–Kier alpha value is -5.38.